The summed E-state index contributed by atoms with van der Waals surface area (Å²) in [7, 11) is 0. The SMILES string of the molecule is N#Cc1ncc(C#CCCc2ccc(CCl)cc2)c(NC2CCCCC2)n1. The van der Waals surface area contributed by atoms with E-state index in [4.69, 9.17) is 16.9 Å². The van der Waals surface area contributed by atoms with E-state index >= 15 is 0 Å². The maximum atomic E-state index is 9.09. The van der Waals surface area contributed by atoms with Gasteiger partial charge in [0.1, 0.15) is 11.9 Å². The maximum absolute atomic E-state index is 9.09. The smallest absolute Gasteiger partial charge is 0.234 e. The standard InChI is InChI=1S/C22H23ClN4/c23-14-18-12-10-17(11-13-18)6-4-5-7-19-16-25-21(15-24)27-22(19)26-20-8-2-1-3-9-20/h10-13,16,20H,1-4,6,8-9,14H2,(H,25,26,27). The van der Waals surface area contributed by atoms with E-state index in [2.05, 4.69) is 51.4 Å². The molecule has 1 N–H and O–H groups in total. The predicted octanol–water partition coefficient (Wildman–Crippen LogP) is 4.82. The number of hydrogen-bond acceptors (Lipinski definition) is 4. The number of nitrogens with zero attached hydrogens (tertiary/aromatic N) is 3. The molecule has 0 bridgehead atoms. The number of alkyl halides is 1. The van der Waals surface area contributed by atoms with E-state index in [-0.39, 0.29) is 5.82 Å². The van der Waals surface area contributed by atoms with Crippen molar-refractivity contribution in [3.63, 3.8) is 0 Å². The third-order valence-electron chi connectivity index (χ3n) is 4.77. The van der Waals surface area contributed by atoms with Crippen LogP contribution in [0.4, 0.5) is 5.82 Å². The molecule has 0 aliphatic heterocycles. The normalized spacial score (nSPS) is 14.1. The lowest BCUT2D eigenvalue weighted by Crippen LogP contribution is -2.23. The highest BCUT2D eigenvalue weighted by molar-refractivity contribution is 6.17. The minimum atomic E-state index is 0.179. The lowest BCUT2D eigenvalue weighted by atomic mass is 9.95. The minimum absolute atomic E-state index is 0.179. The number of aromatic nitrogens is 2. The first-order valence-electron chi connectivity index (χ1n) is 9.45. The highest BCUT2D eigenvalue weighted by Gasteiger charge is 2.15. The number of anilines is 1. The van der Waals surface area contributed by atoms with Crippen molar-refractivity contribution in [3.8, 4) is 17.9 Å². The summed E-state index contributed by atoms with van der Waals surface area (Å²) in [6.45, 7) is 0. The quantitative estimate of drug-likeness (QED) is 0.598. The number of rotatable bonds is 5. The fraction of sp³-hybridized carbons (Fsp3) is 0.409. The summed E-state index contributed by atoms with van der Waals surface area (Å²) in [5.41, 5.74) is 3.13. The predicted molar refractivity (Wildman–Crippen MR) is 108 cm³/mol. The summed E-state index contributed by atoms with van der Waals surface area (Å²) in [5, 5.41) is 12.6. The zero-order chi connectivity index (χ0) is 18.9. The number of halogens is 1. The molecular formula is C22H23ClN4. The number of hydrogen-bond donors (Lipinski definition) is 1. The van der Waals surface area contributed by atoms with E-state index < -0.39 is 0 Å². The van der Waals surface area contributed by atoms with Gasteiger partial charge in [-0.1, -0.05) is 55.4 Å². The molecule has 0 atom stereocenters. The Labute approximate surface area is 166 Å². The van der Waals surface area contributed by atoms with Crippen molar-refractivity contribution < 1.29 is 0 Å². The molecule has 1 fully saturated rings. The van der Waals surface area contributed by atoms with Crippen LogP contribution in [-0.2, 0) is 12.3 Å². The van der Waals surface area contributed by atoms with Gasteiger partial charge < -0.3 is 5.32 Å². The van der Waals surface area contributed by atoms with Crippen molar-refractivity contribution in [2.45, 2.75) is 56.9 Å². The number of nitriles is 1. The molecule has 5 heteroatoms. The molecule has 4 nitrogen and oxygen atoms in total. The second-order valence-corrected chi connectivity index (χ2v) is 7.07. The zero-order valence-electron chi connectivity index (χ0n) is 15.3. The van der Waals surface area contributed by atoms with Crippen molar-refractivity contribution >= 4 is 17.4 Å². The molecule has 27 heavy (non-hydrogen) atoms. The van der Waals surface area contributed by atoms with Crippen LogP contribution in [0.25, 0.3) is 0 Å². The van der Waals surface area contributed by atoms with Crippen molar-refractivity contribution in [3.05, 3.63) is 53.0 Å². The monoisotopic (exact) mass is 378 g/mol. The van der Waals surface area contributed by atoms with E-state index in [1.54, 1.807) is 6.20 Å². The van der Waals surface area contributed by atoms with Crippen LogP contribution in [0.3, 0.4) is 0 Å². The van der Waals surface area contributed by atoms with Gasteiger partial charge in [0.05, 0.1) is 5.56 Å². The van der Waals surface area contributed by atoms with Gasteiger partial charge in [0.25, 0.3) is 0 Å². The van der Waals surface area contributed by atoms with Crippen molar-refractivity contribution in [2.75, 3.05) is 5.32 Å². The Hall–Kier alpha value is -2.56. The van der Waals surface area contributed by atoms with Crippen LogP contribution >= 0.6 is 11.6 Å². The lowest BCUT2D eigenvalue weighted by molar-refractivity contribution is 0.461. The average Bonchev–Trinajstić information content (AvgIpc) is 2.73. The molecule has 0 amide bonds. The van der Waals surface area contributed by atoms with Gasteiger partial charge in [-0.2, -0.15) is 5.26 Å². The van der Waals surface area contributed by atoms with Crippen LogP contribution in [0, 0.1) is 23.2 Å². The largest absolute Gasteiger partial charge is 0.366 e. The van der Waals surface area contributed by atoms with Crippen molar-refractivity contribution in [1.82, 2.24) is 9.97 Å². The third kappa shape index (κ3) is 5.71. The molecule has 1 heterocycles. The molecule has 1 aliphatic rings. The number of aryl methyl sites for hydroxylation is 1. The highest BCUT2D eigenvalue weighted by Crippen LogP contribution is 2.22. The Morgan fingerprint density at radius 1 is 1.11 bits per heavy atom. The minimum Gasteiger partial charge on any atom is -0.366 e. The van der Waals surface area contributed by atoms with Gasteiger partial charge in [0.15, 0.2) is 0 Å². The van der Waals surface area contributed by atoms with Gasteiger partial charge in [-0.3, -0.25) is 0 Å². The number of benzene rings is 1. The van der Waals surface area contributed by atoms with Crippen LogP contribution in [0.15, 0.2) is 30.5 Å². The topological polar surface area (TPSA) is 61.6 Å². The van der Waals surface area contributed by atoms with E-state index in [1.165, 1.54) is 24.8 Å². The molecule has 3 rings (SSSR count). The average molecular weight is 379 g/mol. The molecule has 138 valence electrons. The second-order valence-electron chi connectivity index (χ2n) is 6.80. The zero-order valence-corrected chi connectivity index (χ0v) is 16.1. The van der Waals surface area contributed by atoms with Gasteiger partial charge in [-0.05, 0) is 30.4 Å². The van der Waals surface area contributed by atoms with E-state index in [0.717, 1.165) is 36.8 Å². The summed E-state index contributed by atoms with van der Waals surface area (Å²) in [5.74, 6) is 7.80. The molecule has 1 saturated carbocycles. The summed E-state index contributed by atoms with van der Waals surface area (Å²) in [6, 6.07) is 10.7. The summed E-state index contributed by atoms with van der Waals surface area (Å²) in [4.78, 5) is 8.42. The summed E-state index contributed by atoms with van der Waals surface area (Å²) >= 11 is 5.82. The van der Waals surface area contributed by atoms with Crippen molar-refractivity contribution in [2.24, 2.45) is 0 Å². The summed E-state index contributed by atoms with van der Waals surface area (Å²) in [6.07, 6.45) is 9.33. The maximum Gasteiger partial charge on any atom is 0.234 e. The van der Waals surface area contributed by atoms with Gasteiger partial charge in [-0.25, -0.2) is 9.97 Å². The molecule has 1 aromatic carbocycles. The Morgan fingerprint density at radius 2 is 1.85 bits per heavy atom. The van der Waals surface area contributed by atoms with Gasteiger partial charge >= 0.3 is 0 Å². The first-order chi connectivity index (χ1) is 13.3. The Bertz CT molecular complexity index is 853. The molecule has 0 saturated heterocycles. The molecule has 0 spiro atoms. The molecule has 1 aromatic heterocycles. The van der Waals surface area contributed by atoms with E-state index in [1.807, 2.05) is 6.07 Å². The first kappa shape index (κ1) is 19.2. The Morgan fingerprint density at radius 3 is 2.56 bits per heavy atom. The van der Waals surface area contributed by atoms with Crippen LogP contribution < -0.4 is 5.32 Å². The third-order valence-corrected chi connectivity index (χ3v) is 5.08. The fourth-order valence-corrected chi connectivity index (χ4v) is 3.42. The van der Waals surface area contributed by atoms with Crippen LogP contribution in [-0.4, -0.2) is 16.0 Å². The first-order valence-corrected chi connectivity index (χ1v) is 9.98. The molecule has 0 radical (unpaired) electrons. The molecule has 1 aliphatic carbocycles. The Balaban J connectivity index is 1.66. The Kier molecular flexibility index (Phi) is 7.08. The van der Waals surface area contributed by atoms with Crippen LogP contribution in [0.1, 0.15) is 61.0 Å². The molecule has 2 aromatic rings. The van der Waals surface area contributed by atoms with Crippen molar-refractivity contribution in [1.29, 1.82) is 5.26 Å². The van der Waals surface area contributed by atoms with Gasteiger partial charge in [-0.15, -0.1) is 11.6 Å². The molecule has 0 unspecified atom stereocenters. The molecular weight excluding hydrogens is 356 g/mol. The lowest BCUT2D eigenvalue weighted by Gasteiger charge is -2.23. The van der Waals surface area contributed by atoms with E-state index in [0.29, 0.717) is 17.7 Å². The summed E-state index contributed by atoms with van der Waals surface area (Å²) < 4.78 is 0. The van der Waals surface area contributed by atoms with Gasteiger partial charge in [0, 0.05) is 24.5 Å². The van der Waals surface area contributed by atoms with Crippen LogP contribution in [0.5, 0.6) is 0 Å². The second kappa shape index (κ2) is 9.95. The fourth-order valence-electron chi connectivity index (χ4n) is 3.24. The van der Waals surface area contributed by atoms with E-state index in [9.17, 15) is 0 Å². The van der Waals surface area contributed by atoms with Gasteiger partial charge in [0.2, 0.25) is 5.82 Å². The number of nitrogens with one attached hydrogen (secondary N) is 1. The highest BCUT2D eigenvalue weighted by atomic mass is 35.5. The van der Waals surface area contributed by atoms with Crippen LogP contribution in [0.2, 0.25) is 0 Å².